The van der Waals surface area contributed by atoms with Crippen LogP contribution in [0.2, 0.25) is 0 Å². The summed E-state index contributed by atoms with van der Waals surface area (Å²) in [7, 11) is 1.60. The molecule has 1 aromatic carbocycles. The van der Waals surface area contributed by atoms with Crippen LogP contribution in [0.4, 0.5) is 5.69 Å². The number of thiophene rings is 1. The molecule has 0 spiro atoms. The van der Waals surface area contributed by atoms with E-state index in [9.17, 15) is 4.79 Å². The number of methoxy groups -OCH3 is 1. The normalized spacial score (nSPS) is 16.0. The maximum atomic E-state index is 12.4. The summed E-state index contributed by atoms with van der Waals surface area (Å²) in [5.41, 5.74) is 2.92. The second kappa shape index (κ2) is 7.88. The van der Waals surface area contributed by atoms with Gasteiger partial charge >= 0.3 is 0 Å². The summed E-state index contributed by atoms with van der Waals surface area (Å²) >= 11 is 3.13. The van der Waals surface area contributed by atoms with Crippen molar-refractivity contribution in [2.24, 2.45) is 5.92 Å². The van der Waals surface area contributed by atoms with E-state index in [0.717, 1.165) is 28.7 Å². The van der Waals surface area contributed by atoms with Crippen LogP contribution in [0, 0.1) is 5.92 Å². The van der Waals surface area contributed by atoms with Gasteiger partial charge in [-0.25, -0.2) is 4.98 Å². The molecule has 1 amide bonds. The topological polar surface area (TPSA) is 81.4 Å². The lowest BCUT2D eigenvalue weighted by Crippen LogP contribution is -2.14. The lowest BCUT2D eigenvalue weighted by molar-refractivity contribution is -0.113. The number of nitrogens with zero attached hydrogens (tertiary/aromatic N) is 4. The van der Waals surface area contributed by atoms with Crippen molar-refractivity contribution >= 4 is 50.6 Å². The van der Waals surface area contributed by atoms with Crippen molar-refractivity contribution in [2.75, 3.05) is 18.2 Å². The SMILES string of the molecule is COc1cccc(NC(=O)CSc2nnc3c4c5c(sc4ncn23)CC(C)CC5)c1. The summed E-state index contributed by atoms with van der Waals surface area (Å²) in [6.07, 6.45) is 5.14. The molecule has 0 radical (unpaired) electrons. The van der Waals surface area contributed by atoms with Gasteiger partial charge in [-0.15, -0.1) is 21.5 Å². The van der Waals surface area contributed by atoms with Crippen LogP contribution in [0.15, 0.2) is 35.7 Å². The van der Waals surface area contributed by atoms with Gasteiger partial charge in [-0.05, 0) is 42.9 Å². The molecule has 7 nitrogen and oxygen atoms in total. The molecule has 4 aromatic rings. The molecule has 1 atom stereocenters. The van der Waals surface area contributed by atoms with Crippen molar-refractivity contribution in [1.82, 2.24) is 19.6 Å². The molecule has 0 fully saturated rings. The van der Waals surface area contributed by atoms with E-state index in [1.54, 1.807) is 30.8 Å². The van der Waals surface area contributed by atoms with Crippen molar-refractivity contribution < 1.29 is 9.53 Å². The standard InChI is InChI=1S/C21H21N5O2S2/c1-12-6-7-15-16(8-12)30-20-18(15)19-24-25-21(26(19)11-22-20)29-10-17(27)23-13-4-3-5-14(9-13)28-2/h3-5,9,11-12H,6-8,10H2,1-2H3,(H,23,27). The number of amides is 1. The highest BCUT2D eigenvalue weighted by atomic mass is 32.2. The molecule has 0 saturated heterocycles. The molecule has 1 unspecified atom stereocenters. The number of carbonyl (C=O) groups excluding carboxylic acids is 1. The maximum absolute atomic E-state index is 12.4. The number of thioether (sulfide) groups is 1. The lowest BCUT2D eigenvalue weighted by atomic mass is 9.89. The van der Waals surface area contributed by atoms with Crippen LogP contribution in [0.3, 0.4) is 0 Å². The zero-order valence-electron chi connectivity index (χ0n) is 16.7. The first-order valence-electron chi connectivity index (χ1n) is 9.83. The minimum Gasteiger partial charge on any atom is -0.497 e. The van der Waals surface area contributed by atoms with E-state index in [1.807, 2.05) is 22.6 Å². The summed E-state index contributed by atoms with van der Waals surface area (Å²) in [5, 5.41) is 13.5. The Morgan fingerprint density at radius 2 is 2.30 bits per heavy atom. The van der Waals surface area contributed by atoms with Crippen molar-refractivity contribution in [1.29, 1.82) is 0 Å². The molecule has 0 aliphatic heterocycles. The average molecular weight is 440 g/mol. The number of fused-ring (bicyclic) bond motifs is 5. The predicted molar refractivity (Wildman–Crippen MR) is 120 cm³/mol. The van der Waals surface area contributed by atoms with Crippen molar-refractivity contribution in [3.05, 3.63) is 41.0 Å². The van der Waals surface area contributed by atoms with Gasteiger partial charge in [0.15, 0.2) is 10.8 Å². The van der Waals surface area contributed by atoms with Gasteiger partial charge < -0.3 is 10.1 Å². The van der Waals surface area contributed by atoms with E-state index >= 15 is 0 Å². The van der Waals surface area contributed by atoms with Crippen molar-refractivity contribution in [2.45, 2.75) is 31.3 Å². The summed E-state index contributed by atoms with van der Waals surface area (Å²) in [4.78, 5) is 19.5. The molecule has 0 saturated carbocycles. The Balaban J connectivity index is 1.36. The minimum atomic E-state index is -0.110. The molecule has 0 bridgehead atoms. The highest BCUT2D eigenvalue weighted by Crippen LogP contribution is 2.39. The highest BCUT2D eigenvalue weighted by molar-refractivity contribution is 7.99. The number of carbonyl (C=O) groups is 1. The van der Waals surface area contributed by atoms with Crippen LogP contribution in [-0.2, 0) is 17.6 Å². The Morgan fingerprint density at radius 1 is 1.40 bits per heavy atom. The molecule has 154 valence electrons. The number of hydrogen-bond donors (Lipinski definition) is 1. The van der Waals surface area contributed by atoms with Crippen LogP contribution in [0.1, 0.15) is 23.8 Å². The third-order valence-electron chi connectivity index (χ3n) is 5.36. The van der Waals surface area contributed by atoms with Gasteiger partial charge in [0.1, 0.15) is 16.9 Å². The molecule has 5 rings (SSSR count). The minimum absolute atomic E-state index is 0.110. The molecular weight excluding hydrogens is 418 g/mol. The molecule has 1 N–H and O–H groups in total. The zero-order valence-corrected chi connectivity index (χ0v) is 18.3. The van der Waals surface area contributed by atoms with Crippen molar-refractivity contribution in [3.8, 4) is 5.75 Å². The fourth-order valence-electron chi connectivity index (χ4n) is 3.85. The van der Waals surface area contributed by atoms with Crippen LogP contribution in [0.5, 0.6) is 5.75 Å². The summed E-state index contributed by atoms with van der Waals surface area (Å²) in [6, 6.07) is 7.30. The molecule has 30 heavy (non-hydrogen) atoms. The summed E-state index contributed by atoms with van der Waals surface area (Å²) in [6.45, 7) is 2.30. The Kier molecular flexibility index (Phi) is 5.08. The number of ether oxygens (including phenoxy) is 1. The van der Waals surface area contributed by atoms with E-state index < -0.39 is 0 Å². The number of anilines is 1. The van der Waals surface area contributed by atoms with E-state index in [-0.39, 0.29) is 11.7 Å². The second-order valence-corrected chi connectivity index (χ2v) is 9.55. The number of hydrogen-bond acceptors (Lipinski definition) is 7. The van der Waals surface area contributed by atoms with Crippen LogP contribution in [0.25, 0.3) is 15.9 Å². The third-order valence-corrected chi connectivity index (χ3v) is 7.46. The first kappa shape index (κ1) is 19.3. The van der Waals surface area contributed by atoms with Crippen LogP contribution >= 0.6 is 23.1 Å². The Bertz CT molecular complexity index is 1250. The first-order chi connectivity index (χ1) is 14.6. The number of rotatable bonds is 5. The fraction of sp³-hybridized carbons (Fsp3) is 0.333. The molecule has 9 heteroatoms. The fourth-order valence-corrected chi connectivity index (χ4v) is 5.89. The number of nitrogens with one attached hydrogen (secondary N) is 1. The summed E-state index contributed by atoms with van der Waals surface area (Å²) in [5.74, 6) is 1.54. The van der Waals surface area contributed by atoms with Gasteiger partial charge in [-0.2, -0.15) is 0 Å². The number of benzene rings is 1. The first-order valence-corrected chi connectivity index (χ1v) is 11.6. The average Bonchev–Trinajstić information content (AvgIpc) is 3.32. The molecule has 3 heterocycles. The van der Waals surface area contributed by atoms with Crippen LogP contribution in [-0.4, -0.2) is 38.4 Å². The maximum Gasteiger partial charge on any atom is 0.234 e. The zero-order chi connectivity index (χ0) is 20.7. The van der Waals surface area contributed by atoms with Gasteiger partial charge in [0.25, 0.3) is 0 Å². The Morgan fingerprint density at radius 3 is 3.17 bits per heavy atom. The van der Waals surface area contributed by atoms with E-state index in [4.69, 9.17) is 4.74 Å². The lowest BCUT2D eigenvalue weighted by Gasteiger charge is -2.17. The van der Waals surface area contributed by atoms with Gasteiger partial charge in [-0.3, -0.25) is 9.20 Å². The van der Waals surface area contributed by atoms with Gasteiger partial charge in [0.2, 0.25) is 5.91 Å². The van der Waals surface area contributed by atoms with E-state index in [0.29, 0.717) is 22.5 Å². The van der Waals surface area contributed by atoms with Crippen LogP contribution < -0.4 is 10.1 Å². The summed E-state index contributed by atoms with van der Waals surface area (Å²) < 4.78 is 7.09. The monoisotopic (exact) mass is 439 g/mol. The van der Waals surface area contributed by atoms with Gasteiger partial charge in [-0.1, -0.05) is 24.8 Å². The molecule has 3 aromatic heterocycles. The van der Waals surface area contributed by atoms with E-state index in [1.165, 1.54) is 28.6 Å². The third kappa shape index (κ3) is 3.52. The highest BCUT2D eigenvalue weighted by Gasteiger charge is 2.24. The molecule has 1 aliphatic carbocycles. The molecular formula is C21H21N5O2S2. The number of aromatic nitrogens is 4. The Hall–Kier alpha value is -2.65. The van der Waals surface area contributed by atoms with Gasteiger partial charge in [0, 0.05) is 16.6 Å². The smallest absolute Gasteiger partial charge is 0.234 e. The largest absolute Gasteiger partial charge is 0.497 e. The quantitative estimate of drug-likeness (QED) is 0.469. The molecule has 1 aliphatic rings. The van der Waals surface area contributed by atoms with Gasteiger partial charge in [0.05, 0.1) is 18.2 Å². The van der Waals surface area contributed by atoms with E-state index in [2.05, 4.69) is 27.4 Å². The predicted octanol–water partition coefficient (Wildman–Crippen LogP) is 4.20. The Labute approximate surface area is 181 Å². The second-order valence-electron chi connectivity index (χ2n) is 7.52. The number of aryl methyl sites for hydroxylation is 1. The van der Waals surface area contributed by atoms with Crippen molar-refractivity contribution in [3.63, 3.8) is 0 Å².